The van der Waals surface area contributed by atoms with Crippen molar-refractivity contribution in [1.82, 2.24) is 0 Å². The Kier molecular flexibility index (Phi) is 4.59. The molecule has 1 saturated carbocycles. The monoisotopic (exact) mass is 261 g/mol. The average Bonchev–Trinajstić information content (AvgIpc) is 2.28. The van der Waals surface area contributed by atoms with Crippen molar-refractivity contribution < 1.29 is 5.11 Å². The Hall–Kier alpha value is -0.650. The molecule has 1 aliphatic carbocycles. The fourth-order valence-corrected chi connectivity index (χ4v) is 4.39. The molecule has 0 unspecified atom stereocenters. The van der Waals surface area contributed by atoms with Crippen LogP contribution in [0.25, 0.3) is 0 Å². The topological polar surface area (TPSA) is 23.1 Å². The fourth-order valence-electron chi connectivity index (χ4n) is 2.96. The predicted octanol–water partition coefficient (Wildman–Crippen LogP) is 3.73. The normalized spacial score (nSPS) is 18.1. The van der Waals surface area contributed by atoms with Crippen LogP contribution in [-0.2, 0) is 0 Å². The molecule has 0 aromatic heterocycles. The molecule has 0 aliphatic heterocycles. The zero-order valence-corrected chi connectivity index (χ0v) is 12.5. The molecule has 1 fully saturated rings. The molecule has 98 valence electrons. The summed E-state index contributed by atoms with van der Waals surface area (Å²) in [4.78, 5) is 0. The van der Waals surface area contributed by atoms with Crippen LogP contribution in [-0.4, -0.2) is 11.1 Å². The van der Waals surface area contributed by atoms with E-state index in [9.17, 15) is 5.11 Å². The lowest BCUT2D eigenvalue weighted by Crippen LogP contribution is -2.21. The molecule has 18 heavy (non-hydrogen) atoms. The molecule has 1 nitrogen and oxygen atoms in total. The van der Waals surface area contributed by atoms with Gasteiger partial charge in [0.2, 0.25) is 0 Å². The second-order valence-corrected chi connectivity index (χ2v) is 6.89. The first-order valence-corrected chi connectivity index (χ1v) is 7.87. The Labute approximate surface area is 112 Å². The molecule has 1 aliphatic rings. The second-order valence-electron chi connectivity index (χ2n) is 5.50. The Bertz CT molecular complexity index is 433. The van der Waals surface area contributed by atoms with Gasteiger partial charge in [0.15, 0.2) is 0 Å². The first kappa shape index (κ1) is 13.8. The average molecular weight is 261 g/mol. The summed E-state index contributed by atoms with van der Waals surface area (Å²) in [5, 5.41) is 12.5. The highest BCUT2D eigenvalue weighted by Crippen LogP contribution is 2.29. The van der Waals surface area contributed by atoms with Crippen LogP contribution in [0.5, 0.6) is 0 Å². The molecule has 0 saturated heterocycles. The van der Waals surface area contributed by atoms with E-state index in [4.69, 9.17) is 0 Å². The molecule has 1 aromatic rings. The first-order chi connectivity index (χ1) is 8.58. The van der Waals surface area contributed by atoms with Crippen LogP contribution in [0.15, 0.2) is 12.1 Å². The number of rotatable bonds is 2. The Balaban J connectivity index is 2.27. The van der Waals surface area contributed by atoms with Gasteiger partial charge < -0.3 is 5.11 Å². The van der Waals surface area contributed by atoms with Crippen LogP contribution in [0.1, 0.15) is 54.4 Å². The molecule has 2 heteroatoms. The number of hydrogen-bond donors (Lipinski definition) is 0. The number of hydrogen-bond acceptors (Lipinski definition) is 1. The van der Waals surface area contributed by atoms with Crippen LogP contribution >= 0.6 is 8.20 Å². The van der Waals surface area contributed by atoms with Crippen LogP contribution in [0.2, 0.25) is 0 Å². The van der Waals surface area contributed by atoms with Gasteiger partial charge in [0.25, 0.3) is 0 Å². The predicted molar refractivity (Wildman–Crippen MR) is 78.6 cm³/mol. The van der Waals surface area contributed by atoms with Crippen LogP contribution in [0.3, 0.4) is 0 Å². The largest absolute Gasteiger partial charge is 0.824 e. The molecular formula is C16H22OP-. The Morgan fingerprint density at radius 1 is 1.06 bits per heavy atom. The van der Waals surface area contributed by atoms with Gasteiger partial charge >= 0.3 is 0 Å². The van der Waals surface area contributed by atoms with Gasteiger partial charge in [0.1, 0.15) is 0 Å². The van der Waals surface area contributed by atoms with E-state index in [1.807, 2.05) is 0 Å². The fraction of sp³-hybridized carbons (Fsp3) is 0.562. The number of aryl methyl sites for hydroxylation is 3. The van der Waals surface area contributed by atoms with Gasteiger partial charge in [0.05, 0.1) is 0 Å². The third kappa shape index (κ3) is 3.22. The summed E-state index contributed by atoms with van der Waals surface area (Å²) in [7, 11) is 1.03. The molecule has 1 aromatic carbocycles. The summed E-state index contributed by atoms with van der Waals surface area (Å²) >= 11 is 0. The van der Waals surface area contributed by atoms with Crippen molar-refractivity contribution in [3.05, 3.63) is 34.4 Å². The van der Waals surface area contributed by atoms with Gasteiger partial charge in [-0.15, -0.1) is 13.7 Å². The molecule has 0 atom stereocenters. The summed E-state index contributed by atoms with van der Waals surface area (Å²) in [6, 6.07) is 4.24. The molecular weight excluding hydrogens is 239 g/mol. The van der Waals surface area contributed by atoms with Gasteiger partial charge in [0, 0.05) is 0 Å². The second kappa shape index (κ2) is 5.99. The minimum atomic E-state index is 0.330. The molecule has 0 heterocycles. The highest BCUT2D eigenvalue weighted by Gasteiger charge is 2.11. The first-order valence-electron chi connectivity index (χ1n) is 6.91. The van der Waals surface area contributed by atoms with Crippen molar-refractivity contribution in [2.45, 2.75) is 58.5 Å². The summed E-state index contributed by atoms with van der Waals surface area (Å²) < 4.78 is 0. The zero-order valence-electron chi connectivity index (χ0n) is 11.6. The maximum absolute atomic E-state index is 12.5. The Morgan fingerprint density at radius 2 is 1.61 bits per heavy atom. The van der Waals surface area contributed by atoms with Crippen LogP contribution < -0.4 is 5.11 Å². The van der Waals surface area contributed by atoms with Crippen molar-refractivity contribution in [2.75, 3.05) is 0 Å². The minimum Gasteiger partial charge on any atom is -0.824 e. The lowest BCUT2D eigenvalue weighted by molar-refractivity contribution is -0.207. The molecule has 0 radical (unpaired) electrons. The van der Waals surface area contributed by atoms with E-state index < -0.39 is 0 Å². The number of benzene rings is 1. The van der Waals surface area contributed by atoms with Crippen molar-refractivity contribution >= 4 is 13.7 Å². The van der Waals surface area contributed by atoms with Crippen molar-refractivity contribution in [3.63, 3.8) is 0 Å². The third-order valence-corrected chi connectivity index (χ3v) is 5.11. The van der Waals surface area contributed by atoms with E-state index in [-0.39, 0.29) is 0 Å². The van der Waals surface area contributed by atoms with Gasteiger partial charge in [-0.25, -0.2) is 0 Å². The van der Waals surface area contributed by atoms with Crippen LogP contribution in [0, 0.1) is 20.8 Å². The molecule has 0 bridgehead atoms. The smallest absolute Gasteiger partial charge is 0.0000723 e. The summed E-state index contributed by atoms with van der Waals surface area (Å²) in [5.41, 5.74) is 5.42. The summed E-state index contributed by atoms with van der Waals surface area (Å²) in [6.45, 7) is 6.21. The maximum atomic E-state index is 12.5. The highest BCUT2D eigenvalue weighted by atomic mass is 31.1. The van der Waals surface area contributed by atoms with E-state index in [0.29, 0.717) is 11.1 Å². The quantitative estimate of drug-likeness (QED) is 0.744. The zero-order chi connectivity index (χ0) is 13.1. The SMILES string of the molecule is Cc1cc(C)c(C([O-])=PC2CCCCC2)c(C)c1. The molecule has 2 rings (SSSR count). The van der Waals surface area contributed by atoms with Crippen molar-refractivity contribution in [3.8, 4) is 0 Å². The van der Waals surface area contributed by atoms with Gasteiger partial charge in [-0.3, -0.25) is 0 Å². The molecule has 0 N–H and O–H groups in total. The summed E-state index contributed by atoms with van der Waals surface area (Å²) in [6.07, 6.45) is 6.42. The van der Waals surface area contributed by atoms with E-state index in [1.54, 1.807) is 0 Å². The summed E-state index contributed by atoms with van der Waals surface area (Å²) in [5.74, 6) is 0. The Morgan fingerprint density at radius 3 is 2.17 bits per heavy atom. The maximum Gasteiger partial charge on any atom is -0.0000723 e. The van der Waals surface area contributed by atoms with Crippen molar-refractivity contribution in [2.24, 2.45) is 0 Å². The lowest BCUT2D eigenvalue weighted by atomic mass is 10.0. The standard InChI is InChI=1S/C16H23OP/c1-11-9-12(2)15(13(3)10-11)16(17)18-14-7-5-4-6-8-14/h9-10,14,17H,4-8H2,1-3H3/p-1. The lowest BCUT2D eigenvalue weighted by Gasteiger charge is -2.24. The van der Waals surface area contributed by atoms with Gasteiger partial charge in [-0.2, -0.15) is 0 Å². The van der Waals surface area contributed by atoms with Gasteiger partial charge in [-0.05, 0) is 56.0 Å². The minimum absolute atomic E-state index is 0.330. The molecule has 0 amide bonds. The third-order valence-electron chi connectivity index (χ3n) is 3.77. The van der Waals surface area contributed by atoms with E-state index in [0.717, 1.165) is 24.9 Å². The van der Waals surface area contributed by atoms with E-state index >= 15 is 0 Å². The van der Waals surface area contributed by atoms with Gasteiger partial charge in [-0.1, -0.05) is 37.0 Å². The van der Waals surface area contributed by atoms with Crippen molar-refractivity contribution in [1.29, 1.82) is 0 Å². The van der Waals surface area contributed by atoms with E-state index in [2.05, 4.69) is 32.9 Å². The van der Waals surface area contributed by atoms with Crippen LogP contribution in [0.4, 0.5) is 0 Å². The highest BCUT2D eigenvalue weighted by molar-refractivity contribution is 7.41. The van der Waals surface area contributed by atoms with E-state index in [1.165, 1.54) is 37.7 Å². The molecule has 0 spiro atoms.